The van der Waals surface area contributed by atoms with Crippen LogP contribution in [0.4, 0.5) is 0 Å². The zero-order valence-electron chi connectivity index (χ0n) is 7.86. The molecule has 80 valence electrons. The zero-order valence-corrected chi connectivity index (χ0v) is 10.1. The lowest BCUT2D eigenvalue weighted by Gasteiger charge is -1.93. The number of hydrogen-bond acceptors (Lipinski definition) is 1. The highest BCUT2D eigenvalue weighted by molar-refractivity contribution is 6.42. The molecule has 0 radical (unpaired) electrons. The summed E-state index contributed by atoms with van der Waals surface area (Å²) in [4.78, 5) is 7.58. The summed E-state index contributed by atoms with van der Waals surface area (Å²) in [6.07, 6.45) is 1.75. The third-order valence-electron chi connectivity index (χ3n) is 2.12. The first kappa shape index (κ1) is 11.1. The molecule has 0 spiro atoms. The number of H-pyrrole nitrogens is 1. The van der Waals surface area contributed by atoms with E-state index in [1.54, 1.807) is 12.1 Å². The van der Waals surface area contributed by atoms with Crippen molar-refractivity contribution in [3.8, 4) is 0 Å². The first-order chi connectivity index (χ1) is 7.20. The molecule has 2 nitrogen and oxygen atoms in total. The van der Waals surface area contributed by atoms with Crippen LogP contribution in [0, 0.1) is 0 Å². The molecule has 0 saturated carbocycles. The third-order valence-corrected chi connectivity index (χ3v) is 3.11. The second kappa shape index (κ2) is 4.60. The maximum absolute atomic E-state index is 5.90. The van der Waals surface area contributed by atoms with Gasteiger partial charge in [-0.15, -0.1) is 11.6 Å². The van der Waals surface area contributed by atoms with Crippen molar-refractivity contribution >= 4 is 45.8 Å². The number of halogens is 3. The first-order valence-corrected chi connectivity index (χ1v) is 5.89. The number of fused-ring (bicyclic) bond motifs is 1. The van der Waals surface area contributed by atoms with Gasteiger partial charge in [0.1, 0.15) is 5.82 Å². The molecule has 0 atom stereocenters. The minimum Gasteiger partial charge on any atom is -0.342 e. The SMILES string of the molecule is ClCCCc1nc2cc(Cl)c(Cl)cc2[nH]1. The minimum absolute atomic E-state index is 0.527. The Labute approximate surface area is 103 Å². The number of rotatable bonds is 3. The van der Waals surface area contributed by atoms with Crippen LogP contribution in [-0.2, 0) is 6.42 Å². The van der Waals surface area contributed by atoms with Gasteiger partial charge in [0.15, 0.2) is 0 Å². The van der Waals surface area contributed by atoms with E-state index in [2.05, 4.69) is 9.97 Å². The molecule has 2 rings (SSSR count). The van der Waals surface area contributed by atoms with Crippen LogP contribution in [0.25, 0.3) is 11.0 Å². The van der Waals surface area contributed by atoms with Crippen molar-refractivity contribution in [1.82, 2.24) is 9.97 Å². The van der Waals surface area contributed by atoms with E-state index in [9.17, 15) is 0 Å². The fraction of sp³-hybridized carbons (Fsp3) is 0.300. The number of nitrogens with zero attached hydrogens (tertiary/aromatic N) is 1. The molecule has 0 aliphatic heterocycles. The highest BCUT2D eigenvalue weighted by Gasteiger charge is 2.06. The fourth-order valence-electron chi connectivity index (χ4n) is 1.41. The molecule has 0 aliphatic carbocycles. The Morgan fingerprint density at radius 2 is 1.93 bits per heavy atom. The first-order valence-electron chi connectivity index (χ1n) is 4.60. The van der Waals surface area contributed by atoms with Gasteiger partial charge < -0.3 is 4.98 Å². The monoisotopic (exact) mass is 262 g/mol. The number of aromatic amines is 1. The van der Waals surface area contributed by atoms with Gasteiger partial charge in [-0.25, -0.2) is 4.98 Å². The molecule has 1 aromatic carbocycles. The van der Waals surface area contributed by atoms with Gasteiger partial charge in [0.2, 0.25) is 0 Å². The Morgan fingerprint density at radius 1 is 1.20 bits per heavy atom. The molecule has 1 heterocycles. The van der Waals surface area contributed by atoms with Gasteiger partial charge in [0.25, 0.3) is 0 Å². The molecule has 0 unspecified atom stereocenters. The Kier molecular flexibility index (Phi) is 3.39. The smallest absolute Gasteiger partial charge is 0.107 e. The van der Waals surface area contributed by atoms with Crippen LogP contribution in [0.2, 0.25) is 10.0 Å². The van der Waals surface area contributed by atoms with Crippen molar-refractivity contribution in [2.45, 2.75) is 12.8 Å². The van der Waals surface area contributed by atoms with E-state index >= 15 is 0 Å². The van der Waals surface area contributed by atoms with Gasteiger partial charge >= 0.3 is 0 Å². The van der Waals surface area contributed by atoms with Crippen molar-refractivity contribution in [3.63, 3.8) is 0 Å². The molecule has 5 heteroatoms. The standard InChI is InChI=1S/C10H9Cl3N2/c11-3-1-2-10-14-8-4-6(12)7(13)5-9(8)15-10/h4-5H,1-3H2,(H,14,15). The van der Waals surface area contributed by atoms with Crippen LogP contribution in [-0.4, -0.2) is 15.8 Å². The number of benzene rings is 1. The second-order valence-corrected chi connectivity index (χ2v) is 4.45. The quantitative estimate of drug-likeness (QED) is 0.832. The maximum atomic E-state index is 5.90. The highest BCUT2D eigenvalue weighted by Crippen LogP contribution is 2.26. The van der Waals surface area contributed by atoms with Gasteiger partial charge in [-0.05, 0) is 18.6 Å². The molecule has 1 N–H and O–H groups in total. The molecule has 0 amide bonds. The van der Waals surface area contributed by atoms with E-state index in [0.29, 0.717) is 15.9 Å². The number of aromatic nitrogens is 2. The van der Waals surface area contributed by atoms with Crippen molar-refractivity contribution in [2.75, 3.05) is 5.88 Å². The lowest BCUT2D eigenvalue weighted by atomic mass is 10.3. The molecule has 0 bridgehead atoms. The van der Waals surface area contributed by atoms with Gasteiger partial charge in [0.05, 0.1) is 21.1 Å². The van der Waals surface area contributed by atoms with Crippen molar-refractivity contribution in [3.05, 3.63) is 28.0 Å². The molecule has 15 heavy (non-hydrogen) atoms. The van der Waals surface area contributed by atoms with E-state index in [1.165, 1.54) is 0 Å². The summed E-state index contributed by atoms with van der Waals surface area (Å²) in [5.41, 5.74) is 1.75. The molecule has 1 aromatic heterocycles. The largest absolute Gasteiger partial charge is 0.342 e. The summed E-state index contributed by atoms with van der Waals surface area (Å²) in [7, 11) is 0. The van der Waals surface area contributed by atoms with E-state index in [1.807, 2.05) is 0 Å². The predicted molar refractivity (Wildman–Crippen MR) is 65.2 cm³/mol. The zero-order chi connectivity index (χ0) is 10.8. The predicted octanol–water partition coefficient (Wildman–Crippen LogP) is 4.04. The Bertz CT molecular complexity index is 440. The Morgan fingerprint density at radius 3 is 2.67 bits per heavy atom. The average Bonchev–Trinajstić information content (AvgIpc) is 2.58. The molecular weight excluding hydrogens is 254 g/mol. The Hall–Kier alpha value is -0.440. The lowest BCUT2D eigenvalue weighted by Crippen LogP contribution is -1.87. The maximum Gasteiger partial charge on any atom is 0.107 e. The summed E-state index contributed by atoms with van der Waals surface area (Å²) in [6, 6.07) is 3.55. The van der Waals surface area contributed by atoms with Crippen molar-refractivity contribution in [1.29, 1.82) is 0 Å². The molecule has 0 fully saturated rings. The van der Waals surface area contributed by atoms with Crippen LogP contribution >= 0.6 is 34.8 Å². The van der Waals surface area contributed by atoms with Crippen LogP contribution < -0.4 is 0 Å². The van der Waals surface area contributed by atoms with E-state index < -0.39 is 0 Å². The summed E-state index contributed by atoms with van der Waals surface area (Å²) >= 11 is 17.4. The van der Waals surface area contributed by atoms with E-state index in [0.717, 1.165) is 29.7 Å². The van der Waals surface area contributed by atoms with Gasteiger partial charge in [-0.1, -0.05) is 23.2 Å². The fourth-order valence-corrected chi connectivity index (χ4v) is 1.87. The van der Waals surface area contributed by atoms with Crippen LogP contribution in [0.15, 0.2) is 12.1 Å². The summed E-state index contributed by atoms with van der Waals surface area (Å²) in [5, 5.41) is 1.07. The number of hydrogen-bond donors (Lipinski definition) is 1. The lowest BCUT2D eigenvalue weighted by molar-refractivity contribution is 0.867. The molecule has 0 aliphatic rings. The van der Waals surface area contributed by atoms with Crippen molar-refractivity contribution in [2.24, 2.45) is 0 Å². The minimum atomic E-state index is 0.527. The third kappa shape index (κ3) is 2.39. The number of imidazole rings is 1. The van der Waals surface area contributed by atoms with Gasteiger partial charge in [0, 0.05) is 12.3 Å². The second-order valence-electron chi connectivity index (χ2n) is 3.26. The van der Waals surface area contributed by atoms with Gasteiger partial charge in [-0.2, -0.15) is 0 Å². The van der Waals surface area contributed by atoms with E-state index in [4.69, 9.17) is 34.8 Å². The number of nitrogens with one attached hydrogen (secondary N) is 1. The number of alkyl halides is 1. The Balaban J connectivity index is 2.38. The summed E-state index contributed by atoms with van der Waals surface area (Å²) in [6.45, 7) is 0. The van der Waals surface area contributed by atoms with Gasteiger partial charge in [-0.3, -0.25) is 0 Å². The summed E-state index contributed by atoms with van der Waals surface area (Å²) in [5.74, 6) is 1.56. The van der Waals surface area contributed by atoms with Crippen LogP contribution in [0.5, 0.6) is 0 Å². The normalized spacial score (nSPS) is 11.1. The number of aryl methyl sites for hydroxylation is 1. The van der Waals surface area contributed by atoms with Crippen molar-refractivity contribution < 1.29 is 0 Å². The van der Waals surface area contributed by atoms with E-state index in [-0.39, 0.29) is 0 Å². The molecule has 0 saturated heterocycles. The average molecular weight is 264 g/mol. The molecular formula is C10H9Cl3N2. The highest BCUT2D eigenvalue weighted by atomic mass is 35.5. The topological polar surface area (TPSA) is 28.7 Å². The summed E-state index contributed by atoms with van der Waals surface area (Å²) < 4.78 is 0. The van der Waals surface area contributed by atoms with Crippen LogP contribution in [0.3, 0.4) is 0 Å². The van der Waals surface area contributed by atoms with Crippen LogP contribution in [0.1, 0.15) is 12.2 Å². The molecule has 2 aromatic rings.